The van der Waals surface area contributed by atoms with Crippen molar-refractivity contribution in [2.75, 3.05) is 41.3 Å². The number of rotatable bonds is 6. The van der Waals surface area contributed by atoms with E-state index in [0.717, 1.165) is 48.1 Å². The van der Waals surface area contributed by atoms with Gasteiger partial charge in [-0.3, -0.25) is 4.79 Å². The maximum Gasteiger partial charge on any atom is 0.231 e. The molecule has 2 heterocycles. The van der Waals surface area contributed by atoms with E-state index >= 15 is 0 Å². The predicted molar refractivity (Wildman–Crippen MR) is 123 cm³/mol. The molecule has 1 amide bonds. The van der Waals surface area contributed by atoms with Gasteiger partial charge in [-0.05, 0) is 69.2 Å². The first-order valence-corrected chi connectivity index (χ1v) is 11.1. The van der Waals surface area contributed by atoms with Crippen molar-refractivity contribution >= 4 is 44.0 Å². The number of aromatic nitrogens is 1. The van der Waals surface area contributed by atoms with E-state index in [1.807, 2.05) is 6.07 Å². The van der Waals surface area contributed by atoms with Gasteiger partial charge in [0.2, 0.25) is 5.91 Å². The second kappa shape index (κ2) is 8.03. The number of thiazole rings is 1. The highest BCUT2D eigenvalue weighted by Gasteiger charge is 2.34. The maximum atomic E-state index is 12.7. The molecule has 152 valence electrons. The number of aryl methyl sites for hydroxylation is 2. The third-order valence-corrected chi connectivity index (χ3v) is 6.73. The molecule has 1 aromatic heterocycles. The minimum absolute atomic E-state index is 0.00519. The van der Waals surface area contributed by atoms with Crippen molar-refractivity contribution in [3.8, 4) is 0 Å². The molecule has 29 heavy (non-hydrogen) atoms. The molecule has 1 aliphatic rings. The zero-order valence-electron chi connectivity index (χ0n) is 17.5. The van der Waals surface area contributed by atoms with Gasteiger partial charge < -0.3 is 15.1 Å². The second-order valence-corrected chi connectivity index (χ2v) is 8.74. The van der Waals surface area contributed by atoms with Crippen molar-refractivity contribution in [3.63, 3.8) is 0 Å². The first-order valence-electron chi connectivity index (χ1n) is 10.3. The molecule has 0 atom stereocenters. The number of amides is 1. The summed E-state index contributed by atoms with van der Waals surface area (Å²) in [5, 5.41) is 4.13. The van der Waals surface area contributed by atoms with E-state index in [2.05, 4.69) is 73.1 Å². The normalized spacial score (nSPS) is 14.1. The molecule has 0 bridgehead atoms. The van der Waals surface area contributed by atoms with E-state index in [9.17, 15) is 4.79 Å². The topological polar surface area (TPSA) is 48.5 Å². The van der Waals surface area contributed by atoms with Gasteiger partial charge in [0.15, 0.2) is 5.13 Å². The Balaban J connectivity index is 1.38. The summed E-state index contributed by atoms with van der Waals surface area (Å²) in [6, 6.07) is 12.6. The zero-order chi connectivity index (χ0) is 20.5. The van der Waals surface area contributed by atoms with Gasteiger partial charge in [-0.1, -0.05) is 17.4 Å². The molecule has 2 aromatic carbocycles. The van der Waals surface area contributed by atoms with Crippen LogP contribution in [0.4, 0.5) is 16.5 Å². The predicted octanol–water partition coefficient (Wildman–Crippen LogP) is 4.83. The highest BCUT2D eigenvalue weighted by molar-refractivity contribution is 7.22. The monoisotopic (exact) mass is 408 g/mol. The molecule has 0 aliphatic carbocycles. The molecule has 4 rings (SSSR count). The lowest BCUT2D eigenvalue weighted by Crippen LogP contribution is -2.52. The molecule has 3 aromatic rings. The number of anilines is 3. The smallest absolute Gasteiger partial charge is 0.231 e. The van der Waals surface area contributed by atoms with Crippen LogP contribution in [0.2, 0.25) is 0 Å². The Labute approximate surface area is 176 Å². The van der Waals surface area contributed by atoms with Crippen LogP contribution in [0.25, 0.3) is 10.2 Å². The number of hydrogen-bond acceptors (Lipinski definition) is 5. The summed E-state index contributed by atoms with van der Waals surface area (Å²) in [5.41, 5.74) is 5.48. The lowest BCUT2D eigenvalue weighted by molar-refractivity contribution is -0.120. The largest absolute Gasteiger partial charge is 0.372 e. The van der Waals surface area contributed by atoms with Crippen LogP contribution < -0.4 is 15.1 Å². The Morgan fingerprint density at radius 3 is 2.62 bits per heavy atom. The second-order valence-electron chi connectivity index (χ2n) is 7.73. The standard InChI is InChI=1S/C23H28N4OS/c1-5-26(6-2)18-8-10-19(16(4)12-18)24-22(28)17-13-27(14-17)23-25-20-9-7-15(3)11-21(20)29-23/h7-12,17H,5-6,13-14H2,1-4H3,(H,24,28). The number of carbonyl (C=O) groups excluding carboxylic acids is 1. The highest BCUT2D eigenvalue weighted by atomic mass is 32.1. The summed E-state index contributed by atoms with van der Waals surface area (Å²) >= 11 is 1.70. The van der Waals surface area contributed by atoms with E-state index in [-0.39, 0.29) is 11.8 Å². The minimum atomic E-state index is 0.00519. The molecule has 5 nitrogen and oxygen atoms in total. The van der Waals surface area contributed by atoms with Crippen LogP contribution in [0.15, 0.2) is 36.4 Å². The van der Waals surface area contributed by atoms with Crippen LogP contribution in [0, 0.1) is 19.8 Å². The summed E-state index contributed by atoms with van der Waals surface area (Å²) in [6.45, 7) is 11.9. The molecule has 0 radical (unpaired) electrons. The molecule has 0 unspecified atom stereocenters. The van der Waals surface area contributed by atoms with Gasteiger partial charge in [-0.25, -0.2) is 4.98 Å². The van der Waals surface area contributed by atoms with Crippen molar-refractivity contribution in [2.24, 2.45) is 5.92 Å². The fourth-order valence-electron chi connectivity index (χ4n) is 3.76. The fraction of sp³-hybridized carbons (Fsp3) is 0.391. The molecule has 0 saturated carbocycles. The van der Waals surface area contributed by atoms with E-state index in [0.29, 0.717) is 0 Å². The van der Waals surface area contributed by atoms with Crippen molar-refractivity contribution in [2.45, 2.75) is 27.7 Å². The van der Waals surface area contributed by atoms with Gasteiger partial charge in [0.1, 0.15) is 0 Å². The number of fused-ring (bicyclic) bond motifs is 1. The molecule has 0 spiro atoms. The molecular formula is C23H28N4OS. The average molecular weight is 409 g/mol. The molecule has 1 saturated heterocycles. The van der Waals surface area contributed by atoms with Gasteiger partial charge in [-0.15, -0.1) is 0 Å². The van der Waals surface area contributed by atoms with E-state index in [1.165, 1.54) is 16.0 Å². The van der Waals surface area contributed by atoms with E-state index < -0.39 is 0 Å². The number of nitrogens with zero attached hydrogens (tertiary/aromatic N) is 3. The summed E-state index contributed by atoms with van der Waals surface area (Å²) in [7, 11) is 0. The van der Waals surface area contributed by atoms with Crippen LogP contribution in [0.3, 0.4) is 0 Å². The van der Waals surface area contributed by atoms with Crippen LogP contribution in [-0.4, -0.2) is 37.1 Å². The Morgan fingerprint density at radius 1 is 1.17 bits per heavy atom. The number of benzene rings is 2. The van der Waals surface area contributed by atoms with E-state index in [4.69, 9.17) is 4.98 Å². The van der Waals surface area contributed by atoms with Gasteiger partial charge in [0, 0.05) is 37.6 Å². The summed E-state index contributed by atoms with van der Waals surface area (Å²) in [6.07, 6.45) is 0. The van der Waals surface area contributed by atoms with Crippen LogP contribution in [0.5, 0.6) is 0 Å². The van der Waals surface area contributed by atoms with Gasteiger partial charge in [-0.2, -0.15) is 0 Å². The third kappa shape index (κ3) is 3.94. The zero-order valence-corrected chi connectivity index (χ0v) is 18.3. The Morgan fingerprint density at radius 2 is 1.93 bits per heavy atom. The summed E-state index contributed by atoms with van der Waals surface area (Å²) < 4.78 is 1.21. The van der Waals surface area contributed by atoms with Crippen LogP contribution >= 0.6 is 11.3 Å². The quantitative estimate of drug-likeness (QED) is 0.634. The Hall–Kier alpha value is -2.60. The van der Waals surface area contributed by atoms with Gasteiger partial charge >= 0.3 is 0 Å². The minimum Gasteiger partial charge on any atom is -0.372 e. The van der Waals surface area contributed by atoms with E-state index in [1.54, 1.807) is 11.3 Å². The molecule has 1 N–H and O–H groups in total. The molecular weight excluding hydrogens is 380 g/mol. The van der Waals surface area contributed by atoms with Crippen LogP contribution in [-0.2, 0) is 4.79 Å². The summed E-state index contributed by atoms with van der Waals surface area (Å²) in [5.74, 6) is 0.0995. The number of carbonyl (C=O) groups is 1. The fourth-order valence-corrected chi connectivity index (χ4v) is 4.85. The molecule has 1 aliphatic heterocycles. The SMILES string of the molecule is CCN(CC)c1ccc(NC(=O)C2CN(c3nc4ccc(C)cc4s3)C2)c(C)c1. The summed E-state index contributed by atoms with van der Waals surface area (Å²) in [4.78, 5) is 21.9. The lowest BCUT2D eigenvalue weighted by Gasteiger charge is -2.38. The molecule has 1 fully saturated rings. The first-order chi connectivity index (χ1) is 14.0. The highest BCUT2D eigenvalue weighted by Crippen LogP contribution is 2.34. The number of hydrogen-bond donors (Lipinski definition) is 1. The van der Waals surface area contributed by atoms with Crippen molar-refractivity contribution in [3.05, 3.63) is 47.5 Å². The van der Waals surface area contributed by atoms with Crippen LogP contribution in [0.1, 0.15) is 25.0 Å². The Bertz CT molecular complexity index is 1030. The maximum absolute atomic E-state index is 12.7. The Kier molecular flexibility index (Phi) is 5.46. The third-order valence-electron chi connectivity index (χ3n) is 5.65. The average Bonchev–Trinajstić information content (AvgIpc) is 3.06. The van der Waals surface area contributed by atoms with Crippen molar-refractivity contribution in [1.82, 2.24) is 4.98 Å². The first kappa shape index (κ1) is 19.7. The number of nitrogens with one attached hydrogen (secondary N) is 1. The van der Waals surface area contributed by atoms with Crippen molar-refractivity contribution in [1.29, 1.82) is 0 Å². The van der Waals surface area contributed by atoms with Gasteiger partial charge in [0.05, 0.1) is 16.1 Å². The lowest BCUT2D eigenvalue weighted by atomic mass is 9.99. The van der Waals surface area contributed by atoms with Crippen molar-refractivity contribution < 1.29 is 4.79 Å². The van der Waals surface area contributed by atoms with Gasteiger partial charge in [0.25, 0.3) is 0 Å². The molecule has 6 heteroatoms.